The summed E-state index contributed by atoms with van der Waals surface area (Å²) >= 11 is 0. The number of carbonyl (C=O) groups is 1. The summed E-state index contributed by atoms with van der Waals surface area (Å²) in [7, 11) is 0. The summed E-state index contributed by atoms with van der Waals surface area (Å²) in [6, 6.07) is 9.03. The zero-order chi connectivity index (χ0) is 22.4. The maximum atomic E-state index is 13.1. The van der Waals surface area contributed by atoms with Gasteiger partial charge in [0, 0.05) is 34.1 Å². The minimum absolute atomic E-state index is 0.0950. The van der Waals surface area contributed by atoms with Crippen molar-refractivity contribution in [2.75, 3.05) is 13.1 Å². The van der Waals surface area contributed by atoms with Crippen LogP contribution in [0.4, 0.5) is 11.4 Å². The van der Waals surface area contributed by atoms with E-state index in [2.05, 4.69) is 0 Å². The minimum atomic E-state index is -1.40. The van der Waals surface area contributed by atoms with E-state index in [1.807, 2.05) is 0 Å². The molecule has 156 valence electrons. The smallest absolute Gasteiger partial charge is 0.269 e. The maximum absolute atomic E-state index is 13.1. The molecule has 0 amide bonds. The molecule has 2 aromatic rings. The normalized spacial score (nSPS) is 12.5. The van der Waals surface area contributed by atoms with Crippen LogP contribution >= 0.6 is 0 Å². The molecule has 0 fully saturated rings. The van der Waals surface area contributed by atoms with Gasteiger partial charge in [0.15, 0.2) is 5.78 Å². The van der Waals surface area contributed by atoms with Crippen molar-refractivity contribution in [3.05, 3.63) is 100 Å². The van der Waals surface area contributed by atoms with Crippen LogP contribution in [0.1, 0.15) is 23.0 Å². The molecule has 0 radical (unpaired) electrons. The lowest BCUT2D eigenvalue weighted by Gasteiger charge is -2.18. The fraction of sp³-hybridized carbons (Fsp3) is 0.235. The Morgan fingerprint density at radius 1 is 0.633 bits per heavy atom. The molecule has 2 atom stereocenters. The van der Waals surface area contributed by atoms with E-state index in [9.17, 15) is 45.3 Å². The zero-order valence-electron chi connectivity index (χ0n) is 15.2. The minimum Gasteiger partial charge on any atom is -0.298 e. The van der Waals surface area contributed by atoms with Crippen molar-refractivity contribution in [3.63, 3.8) is 0 Å². The number of nitro benzene ring substituents is 2. The molecule has 0 aliphatic rings. The van der Waals surface area contributed by atoms with Gasteiger partial charge in [0.2, 0.25) is 13.1 Å². The highest BCUT2D eigenvalue weighted by molar-refractivity contribution is 5.92. The molecule has 0 spiro atoms. The third kappa shape index (κ3) is 5.37. The first kappa shape index (κ1) is 22.0. The van der Waals surface area contributed by atoms with Gasteiger partial charge in [0.25, 0.3) is 11.4 Å². The van der Waals surface area contributed by atoms with E-state index in [1.165, 1.54) is 24.3 Å². The van der Waals surface area contributed by atoms with E-state index in [0.717, 1.165) is 24.3 Å². The maximum Gasteiger partial charge on any atom is 0.269 e. The molecule has 0 aliphatic heterocycles. The zero-order valence-corrected chi connectivity index (χ0v) is 15.2. The van der Waals surface area contributed by atoms with E-state index >= 15 is 0 Å². The average molecular weight is 418 g/mol. The monoisotopic (exact) mass is 418 g/mol. The van der Waals surface area contributed by atoms with Gasteiger partial charge >= 0.3 is 0 Å². The molecule has 30 heavy (non-hydrogen) atoms. The van der Waals surface area contributed by atoms with Crippen molar-refractivity contribution in [2.45, 2.75) is 11.8 Å². The summed E-state index contributed by atoms with van der Waals surface area (Å²) in [5, 5.41) is 43.8. The molecule has 0 saturated heterocycles. The van der Waals surface area contributed by atoms with Crippen LogP contribution in [0.25, 0.3) is 0 Å². The van der Waals surface area contributed by atoms with Crippen molar-refractivity contribution in [3.8, 4) is 0 Å². The molecule has 0 aromatic heterocycles. The molecule has 2 aromatic carbocycles. The lowest BCUT2D eigenvalue weighted by molar-refractivity contribution is -0.484. The Hall–Kier alpha value is -4.29. The number of nitrogens with zero attached hydrogens (tertiary/aromatic N) is 4. The SMILES string of the molecule is O=C(C(C[N+](=O)[O-])c1ccc([N+](=O)[O-])cc1)C(C[N+](=O)[O-])c1ccc([N+](=O)[O-])cc1. The number of hydrogen-bond acceptors (Lipinski definition) is 9. The summed E-state index contributed by atoms with van der Waals surface area (Å²) < 4.78 is 0. The first-order valence-corrected chi connectivity index (χ1v) is 8.36. The van der Waals surface area contributed by atoms with Crippen LogP contribution in [-0.2, 0) is 4.79 Å². The Morgan fingerprint density at radius 3 is 1.17 bits per heavy atom. The van der Waals surface area contributed by atoms with E-state index in [1.54, 1.807) is 0 Å². The lowest BCUT2D eigenvalue weighted by atomic mass is 9.83. The number of nitro groups is 4. The predicted molar refractivity (Wildman–Crippen MR) is 100 cm³/mol. The fourth-order valence-electron chi connectivity index (χ4n) is 2.92. The second-order valence-electron chi connectivity index (χ2n) is 6.24. The Morgan fingerprint density at radius 2 is 0.933 bits per heavy atom. The van der Waals surface area contributed by atoms with Gasteiger partial charge < -0.3 is 0 Å². The van der Waals surface area contributed by atoms with Crippen molar-refractivity contribution in [1.82, 2.24) is 0 Å². The molecule has 0 heterocycles. The second-order valence-corrected chi connectivity index (χ2v) is 6.24. The number of non-ortho nitro benzene ring substituents is 2. The summed E-state index contributed by atoms with van der Waals surface area (Å²) in [6.07, 6.45) is 0. The third-order valence-electron chi connectivity index (χ3n) is 4.36. The van der Waals surface area contributed by atoms with Gasteiger partial charge in [-0.05, 0) is 11.1 Å². The van der Waals surface area contributed by atoms with Crippen LogP contribution in [0.5, 0.6) is 0 Å². The Bertz CT molecular complexity index is 910. The van der Waals surface area contributed by atoms with Gasteiger partial charge in [-0.3, -0.25) is 45.3 Å². The van der Waals surface area contributed by atoms with Gasteiger partial charge in [0.1, 0.15) is 11.8 Å². The Balaban J connectivity index is 2.46. The van der Waals surface area contributed by atoms with Gasteiger partial charge in [-0.1, -0.05) is 24.3 Å². The first-order chi connectivity index (χ1) is 14.1. The molecule has 0 saturated carbocycles. The largest absolute Gasteiger partial charge is 0.298 e. The predicted octanol–water partition coefficient (Wildman–Crippen LogP) is 2.49. The molecular formula is C17H14N4O9. The summed E-state index contributed by atoms with van der Waals surface area (Å²) in [5.74, 6) is -3.65. The number of benzene rings is 2. The standard InChI is InChI=1S/C17H14N4O9/c22-17(15(9-18(23)24)11-1-5-13(6-2-11)20(27)28)16(10-19(25)26)12-3-7-14(8-4-12)21(29)30/h1-8,15-16H,9-10H2. The number of Topliss-reactive ketones (excluding diaryl/α,β-unsaturated/α-hetero) is 1. The van der Waals surface area contributed by atoms with Crippen LogP contribution < -0.4 is 0 Å². The van der Waals surface area contributed by atoms with Crippen LogP contribution in [0.15, 0.2) is 48.5 Å². The summed E-state index contributed by atoms with van der Waals surface area (Å²) in [5.41, 5.74) is -0.387. The molecule has 2 rings (SSSR count). The highest BCUT2D eigenvalue weighted by atomic mass is 16.6. The highest BCUT2D eigenvalue weighted by Gasteiger charge is 2.36. The Labute approximate surface area is 167 Å². The molecule has 13 heteroatoms. The van der Waals surface area contributed by atoms with Crippen molar-refractivity contribution in [2.24, 2.45) is 0 Å². The highest BCUT2D eigenvalue weighted by Crippen LogP contribution is 2.29. The summed E-state index contributed by atoms with van der Waals surface area (Å²) in [4.78, 5) is 54.0. The van der Waals surface area contributed by atoms with E-state index in [0.29, 0.717) is 0 Å². The van der Waals surface area contributed by atoms with Crippen molar-refractivity contribution >= 4 is 17.2 Å². The average Bonchev–Trinajstić information content (AvgIpc) is 2.69. The molecule has 2 unspecified atom stereocenters. The molecule has 0 aliphatic carbocycles. The van der Waals surface area contributed by atoms with Crippen LogP contribution in [0.3, 0.4) is 0 Å². The molecular weight excluding hydrogens is 404 g/mol. The van der Waals surface area contributed by atoms with Crippen molar-refractivity contribution in [1.29, 1.82) is 0 Å². The molecule has 13 nitrogen and oxygen atoms in total. The van der Waals surface area contributed by atoms with Gasteiger partial charge in [-0.15, -0.1) is 0 Å². The van der Waals surface area contributed by atoms with Gasteiger partial charge in [-0.25, -0.2) is 0 Å². The van der Waals surface area contributed by atoms with E-state index < -0.39 is 50.4 Å². The van der Waals surface area contributed by atoms with Crippen LogP contribution in [0, 0.1) is 40.5 Å². The first-order valence-electron chi connectivity index (χ1n) is 8.36. The van der Waals surface area contributed by atoms with Crippen LogP contribution in [0.2, 0.25) is 0 Å². The second kappa shape index (κ2) is 9.27. The molecule has 0 N–H and O–H groups in total. The fourth-order valence-corrected chi connectivity index (χ4v) is 2.92. The van der Waals surface area contributed by atoms with Gasteiger partial charge in [0.05, 0.1) is 9.85 Å². The van der Waals surface area contributed by atoms with Crippen molar-refractivity contribution < 1.29 is 24.5 Å². The summed E-state index contributed by atoms with van der Waals surface area (Å²) in [6.45, 7) is -1.75. The number of hydrogen-bond donors (Lipinski definition) is 0. The lowest BCUT2D eigenvalue weighted by Crippen LogP contribution is -2.30. The third-order valence-corrected chi connectivity index (χ3v) is 4.36. The Kier molecular flexibility index (Phi) is 6.80. The topological polar surface area (TPSA) is 190 Å². The van der Waals surface area contributed by atoms with E-state index in [-0.39, 0.29) is 22.5 Å². The molecule has 0 bridgehead atoms. The quantitative estimate of drug-likeness (QED) is 0.412. The van der Waals surface area contributed by atoms with Gasteiger partial charge in [-0.2, -0.15) is 0 Å². The number of rotatable bonds is 10. The number of ketones is 1. The van der Waals surface area contributed by atoms with Crippen LogP contribution in [-0.4, -0.2) is 38.6 Å². The number of carbonyl (C=O) groups excluding carboxylic acids is 1. The van der Waals surface area contributed by atoms with E-state index in [4.69, 9.17) is 0 Å².